The van der Waals surface area contributed by atoms with Crippen molar-refractivity contribution in [3.63, 3.8) is 0 Å². The molecule has 3 N–H and O–H groups in total. The standard InChI is InChI=1S/C8H12N2O2.2ClH/c1-12-7-3-2-4-10-8(7)6(11)5-9;;/h2-4,6,11H,5,9H2,1H3;2*1H/t6-;;/m1../s1. The molecular formula is C8H14Cl2N2O2. The summed E-state index contributed by atoms with van der Waals surface area (Å²) >= 11 is 0. The minimum absolute atomic E-state index is 0. The zero-order valence-electron chi connectivity index (χ0n) is 7.71. The molecule has 0 saturated heterocycles. The van der Waals surface area contributed by atoms with Crippen molar-refractivity contribution in [3.8, 4) is 5.75 Å². The van der Waals surface area contributed by atoms with Gasteiger partial charge >= 0.3 is 0 Å². The Balaban J connectivity index is 0. The van der Waals surface area contributed by atoms with Crippen molar-refractivity contribution in [2.75, 3.05) is 13.7 Å². The molecule has 14 heavy (non-hydrogen) atoms. The number of hydrogen-bond acceptors (Lipinski definition) is 4. The topological polar surface area (TPSA) is 68.4 Å². The number of aliphatic hydroxyl groups excluding tert-OH is 1. The van der Waals surface area contributed by atoms with Gasteiger partial charge in [-0.2, -0.15) is 0 Å². The van der Waals surface area contributed by atoms with Crippen LogP contribution in [0.4, 0.5) is 0 Å². The number of rotatable bonds is 3. The Morgan fingerprint density at radius 3 is 2.71 bits per heavy atom. The fourth-order valence-corrected chi connectivity index (χ4v) is 0.937. The van der Waals surface area contributed by atoms with E-state index in [4.69, 9.17) is 10.5 Å². The third kappa shape index (κ3) is 3.67. The number of nitrogens with two attached hydrogens (primary N) is 1. The van der Waals surface area contributed by atoms with Crippen LogP contribution in [0.3, 0.4) is 0 Å². The predicted octanol–water partition coefficient (Wildman–Crippen LogP) is 0.926. The highest BCUT2D eigenvalue weighted by Gasteiger charge is 2.11. The molecule has 0 spiro atoms. The van der Waals surface area contributed by atoms with Gasteiger partial charge in [0, 0.05) is 12.7 Å². The van der Waals surface area contributed by atoms with Crippen LogP contribution in [0.1, 0.15) is 11.8 Å². The molecule has 0 radical (unpaired) electrons. The summed E-state index contributed by atoms with van der Waals surface area (Å²) in [7, 11) is 1.53. The van der Waals surface area contributed by atoms with Gasteiger partial charge in [-0.1, -0.05) is 0 Å². The maximum atomic E-state index is 9.37. The highest BCUT2D eigenvalue weighted by molar-refractivity contribution is 5.85. The summed E-state index contributed by atoms with van der Waals surface area (Å²) in [5, 5.41) is 9.37. The van der Waals surface area contributed by atoms with Gasteiger partial charge in [-0.05, 0) is 12.1 Å². The van der Waals surface area contributed by atoms with Crippen LogP contribution in [0.15, 0.2) is 18.3 Å². The van der Waals surface area contributed by atoms with Gasteiger partial charge in [-0.15, -0.1) is 24.8 Å². The molecule has 1 atom stereocenters. The molecule has 1 aromatic heterocycles. The summed E-state index contributed by atoms with van der Waals surface area (Å²) in [6, 6.07) is 3.48. The number of aliphatic hydroxyl groups is 1. The molecule has 1 heterocycles. The van der Waals surface area contributed by atoms with E-state index < -0.39 is 6.10 Å². The smallest absolute Gasteiger partial charge is 0.143 e. The van der Waals surface area contributed by atoms with E-state index >= 15 is 0 Å². The molecule has 0 saturated carbocycles. The first-order chi connectivity index (χ1) is 5.79. The third-order valence-electron chi connectivity index (χ3n) is 1.56. The second-order valence-corrected chi connectivity index (χ2v) is 2.34. The summed E-state index contributed by atoms with van der Waals surface area (Å²) in [6.07, 6.45) is 0.845. The molecule has 0 aliphatic heterocycles. The van der Waals surface area contributed by atoms with Crippen LogP contribution in [0.5, 0.6) is 5.75 Å². The maximum absolute atomic E-state index is 9.37. The van der Waals surface area contributed by atoms with Gasteiger partial charge in [-0.25, -0.2) is 0 Å². The Kier molecular flexibility index (Phi) is 8.88. The number of methoxy groups -OCH3 is 1. The van der Waals surface area contributed by atoms with Crippen LogP contribution in [0.25, 0.3) is 0 Å². The molecule has 1 aromatic rings. The third-order valence-corrected chi connectivity index (χ3v) is 1.56. The molecule has 0 bridgehead atoms. The molecule has 0 amide bonds. The Bertz CT molecular complexity index is 261. The van der Waals surface area contributed by atoms with Gasteiger partial charge < -0.3 is 15.6 Å². The van der Waals surface area contributed by atoms with Crippen LogP contribution in [0, 0.1) is 0 Å². The monoisotopic (exact) mass is 240 g/mol. The molecule has 6 heteroatoms. The molecule has 82 valence electrons. The highest BCUT2D eigenvalue weighted by Crippen LogP contribution is 2.20. The van der Waals surface area contributed by atoms with E-state index in [1.54, 1.807) is 18.3 Å². The number of ether oxygens (including phenoxy) is 1. The van der Waals surface area contributed by atoms with Gasteiger partial charge in [0.15, 0.2) is 0 Å². The molecule has 0 aliphatic rings. The number of nitrogens with zero attached hydrogens (tertiary/aromatic N) is 1. The van der Waals surface area contributed by atoms with Crippen LogP contribution < -0.4 is 10.5 Å². The van der Waals surface area contributed by atoms with Crippen LogP contribution in [0.2, 0.25) is 0 Å². The fraction of sp³-hybridized carbons (Fsp3) is 0.375. The number of aromatic nitrogens is 1. The molecule has 1 rings (SSSR count). The normalized spacial score (nSPS) is 10.8. The van der Waals surface area contributed by atoms with Crippen molar-refractivity contribution in [2.24, 2.45) is 5.73 Å². The SMILES string of the molecule is COc1cccnc1[C@H](O)CN.Cl.Cl. The van der Waals surface area contributed by atoms with Crippen LogP contribution in [-0.4, -0.2) is 23.7 Å². The Hall–Kier alpha value is -0.550. The highest BCUT2D eigenvalue weighted by atomic mass is 35.5. The van der Waals surface area contributed by atoms with Gasteiger partial charge in [-0.3, -0.25) is 4.98 Å². The van der Waals surface area contributed by atoms with Crippen molar-refractivity contribution in [2.45, 2.75) is 6.10 Å². The number of hydrogen-bond donors (Lipinski definition) is 2. The lowest BCUT2D eigenvalue weighted by Gasteiger charge is -2.10. The van der Waals surface area contributed by atoms with Gasteiger partial charge in [0.25, 0.3) is 0 Å². The summed E-state index contributed by atoms with van der Waals surface area (Å²) in [6.45, 7) is 0.146. The van der Waals surface area contributed by atoms with Crippen molar-refractivity contribution >= 4 is 24.8 Å². The maximum Gasteiger partial charge on any atom is 0.143 e. The summed E-state index contributed by atoms with van der Waals surface area (Å²) < 4.78 is 4.99. The lowest BCUT2D eigenvalue weighted by atomic mass is 10.2. The molecular weight excluding hydrogens is 227 g/mol. The van der Waals surface area contributed by atoms with Crippen molar-refractivity contribution in [3.05, 3.63) is 24.0 Å². The van der Waals surface area contributed by atoms with E-state index in [0.717, 1.165) is 0 Å². The van der Waals surface area contributed by atoms with Crippen molar-refractivity contribution < 1.29 is 9.84 Å². The largest absolute Gasteiger partial charge is 0.495 e. The fourth-order valence-electron chi connectivity index (χ4n) is 0.937. The molecule has 0 aromatic carbocycles. The zero-order valence-corrected chi connectivity index (χ0v) is 9.35. The average Bonchev–Trinajstić information content (AvgIpc) is 2.16. The molecule has 0 fully saturated rings. The lowest BCUT2D eigenvalue weighted by molar-refractivity contribution is 0.177. The first-order valence-corrected chi connectivity index (χ1v) is 3.66. The second-order valence-electron chi connectivity index (χ2n) is 2.34. The molecule has 0 unspecified atom stereocenters. The predicted molar refractivity (Wildman–Crippen MR) is 59.3 cm³/mol. The molecule has 4 nitrogen and oxygen atoms in total. The first kappa shape index (κ1) is 15.9. The summed E-state index contributed by atoms with van der Waals surface area (Å²) in [5.74, 6) is 0.565. The minimum atomic E-state index is -0.749. The van der Waals surface area contributed by atoms with Crippen LogP contribution >= 0.6 is 24.8 Å². The Morgan fingerprint density at radius 1 is 1.57 bits per heavy atom. The van der Waals surface area contributed by atoms with Gasteiger partial charge in [0.05, 0.1) is 7.11 Å². The number of halogens is 2. The summed E-state index contributed by atoms with van der Waals surface area (Å²) in [4.78, 5) is 3.97. The van der Waals surface area contributed by atoms with Crippen LogP contribution in [-0.2, 0) is 0 Å². The van der Waals surface area contributed by atoms with E-state index in [-0.39, 0.29) is 31.4 Å². The van der Waals surface area contributed by atoms with Crippen molar-refractivity contribution in [1.29, 1.82) is 0 Å². The number of pyridine rings is 1. The molecule has 0 aliphatic carbocycles. The van der Waals surface area contributed by atoms with E-state index in [9.17, 15) is 5.11 Å². The van der Waals surface area contributed by atoms with E-state index in [2.05, 4.69) is 4.98 Å². The lowest BCUT2D eigenvalue weighted by Crippen LogP contribution is -2.13. The van der Waals surface area contributed by atoms with E-state index in [0.29, 0.717) is 11.4 Å². The van der Waals surface area contributed by atoms with Gasteiger partial charge in [0.1, 0.15) is 17.5 Å². The Morgan fingerprint density at radius 2 is 2.21 bits per heavy atom. The van der Waals surface area contributed by atoms with Gasteiger partial charge in [0.2, 0.25) is 0 Å². The van der Waals surface area contributed by atoms with E-state index in [1.807, 2.05) is 0 Å². The zero-order chi connectivity index (χ0) is 8.97. The van der Waals surface area contributed by atoms with E-state index in [1.165, 1.54) is 7.11 Å². The minimum Gasteiger partial charge on any atom is -0.495 e. The Labute approximate surface area is 95.3 Å². The quantitative estimate of drug-likeness (QED) is 0.825. The first-order valence-electron chi connectivity index (χ1n) is 3.66. The summed E-state index contributed by atoms with van der Waals surface area (Å²) in [5.41, 5.74) is 5.77. The van der Waals surface area contributed by atoms with Crippen molar-refractivity contribution in [1.82, 2.24) is 4.98 Å². The second kappa shape index (κ2) is 7.82. The average molecular weight is 241 g/mol.